The van der Waals surface area contributed by atoms with E-state index in [-0.39, 0.29) is 0 Å². The lowest BCUT2D eigenvalue weighted by Gasteiger charge is -2.15. The summed E-state index contributed by atoms with van der Waals surface area (Å²) in [6.07, 6.45) is 1.74. The van der Waals surface area contributed by atoms with Gasteiger partial charge in [0.25, 0.3) is 0 Å². The maximum atomic E-state index is 5.25. The lowest BCUT2D eigenvalue weighted by atomic mass is 10.1. The van der Waals surface area contributed by atoms with E-state index in [1.165, 1.54) is 11.1 Å². The van der Waals surface area contributed by atoms with Crippen molar-refractivity contribution in [3.63, 3.8) is 0 Å². The van der Waals surface area contributed by atoms with Crippen molar-refractivity contribution in [2.75, 3.05) is 7.11 Å². The van der Waals surface area contributed by atoms with Crippen LogP contribution in [0.15, 0.2) is 42.6 Å². The second-order valence-electron chi connectivity index (χ2n) is 4.69. The molecule has 0 radical (unpaired) electrons. The lowest BCUT2D eigenvalue weighted by Crippen LogP contribution is -2.18. The minimum Gasteiger partial charge on any atom is -0.481 e. The van der Waals surface area contributed by atoms with Gasteiger partial charge in [0.1, 0.15) is 0 Å². The molecule has 3 heteroatoms. The third-order valence-corrected chi connectivity index (χ3v) is 3.18. The topological polar surface area (TPSA) is 34.1 Å². The van der Waals surface area contributed by atoms with Crippen molar-refractivity contribution >= 4 is 0 Å². The summed E-state index contributed by atoms with van der Waals surface area (Å²) in [7, 11) is 1.65. The van der Waals surface area contributed by atoms with Gasteiger partial charge in [-0.2, -0.15) is 0 Å². The summed E-state index contributed by atoms with van der Waals surface area (Å²) in [5, 5.41) is 3.50. The number of methoxy groups -OCH3 is 1. The van der Waals surface area contributed by atoms with E-state index in [1.54, 1.807) is 13.3 Å². The second-order valence-corrected chi connectivity index (χ2v) is 4.69. The number of hydrogen-bond acceptors (Lipinski definition) is 3. The summed E-state index contributed by atoms with van der Waals surface area (Å²) in [5.74, 6) is 0.687. The Morgan fingerprint density at radius 3 is 2.84 bits per heavy atom. The predicted molar refractivity (Wildman–Crippen MR) is 77.2 cm³/mol. The Kier molecular flexibility index (Phi) is 4.53. The van der Waals surface area contributed by atoms with Crippen molar-refractivity contribution in [3.05, 3.63) is 59.3 Å². The van der Waals surface area contributed by atoms with E-state index in [1.807, 2.05) is 12.1 Å². The molecule has 100 valence electrons. The summed E-state index contributed by atoms with van der Waals surface area (Å²) >= 11 is 0. The van der Waals surface area contributed by atoms with E-state index >= 15 is 0 Å². The van der Waals surface area contributed by atoms with Crippen LogP contribution in [-0.2, 0) is 6.54 Å². The van der Waals surface area contributed by atoms with Crippen LogP contribution in [-0.4, -0.2) is 12.1 Å². The number of nitrogens with zero attached hydrogens (tertiary/aromatic N) is 1. The molecule has 0 saturated carbocycles. The van der Waals surface area contributed by atoms with Crippen LogP contribution in [0.2, 0.25) is 0 Å². The normalized spacial score (nSPS) is 12.2. The van der Waals surface area contributed by atoms with E-state index in [0.717, 1.165) is 12.1 Å². The number of hydrogen-bond donors (Lipinski definition) is 1. The zero-order valence-electron chi connectivity index (χ0n) is 11.7. The Labute approximate surface area is 114 Å². The molecule has 1 aromatic carbocycles. The zero-order valence-corrected chi connectivity index (χ0v) is 11.7. The smallest absolute Gasteiger partial charge is 0.217 e. The third kappa shape index (κ3) is 3.55. The monoisotopic (exact) mass is 256 g/mol. The summed E-state index contributed by atoms with van der Waals surface area (Å²) in [4.78, 5) is 4.20. The van der Waals surface area contributed by atoms with E-state index < -0.39 is 0 Å². The van der Waals surface area contributed by atoms with Gasteiger partial charge in [-0.3, -0.25) is 0 Å². The zero-order chi connectivity index (χ0) is 13.7. The van der Waals surface area contributed by atoms with Crippen LogP contribution in [0.3, 0.4) is 0 Å². The first kappa shape index (κ1) is 13.6. The molecule has 0 aliphatic rings. The van der Waals surface area contributed by atoms with E-state index in [0.29, 0.717) is 11.9 Å². The number of benzene rings is 1. The molecular formula is C16H20N2O. The molecular weight excluding hydrogens is 236 g/mol. The minimum atomic E-state index is 0.296. The Hall–Kier alpha value is -1.87. The lowest BCUT2D eigenvalue weighted by molar-refractivity contribution is 0.389. The van der Waals surface area contributed by atoms with Crippen molar-refractivity contribution in [1.29, 1.82) is 0 Å². The highest BCUT2D eigenvalue weighted by atomic mass is 16.5. The van der Waals surface area contributed by atoms with Crippen molar-refractivity contribution in [2.45, 2.75) is 26.4 Å². The SMILES string of the molecule is COc1ncccc1CN[C@H](C)c1cccc(C)c1. The van der Waals surface area contributed by atoms with Gasteiger partial charge in [-0.25, -0.2) is 4.98 Å². The van der Waals surface area contributed by atoms with Gasteiger partial charge in [0, 0.05) is 24.3 Å². The average molecular weight is 256 g/mol. The Balaban J connectivity index is 2.02. The van der Waals surface area contributed by atoms with Gasteiger partial charge in [0.15, 0.2) is 0 Å². The van der Waals surface area contributed by atoms with Gasteiger partial charge in [0.05, 0.1) is 7.11 Å². The Bertz CT molecular complexity index is 540. The summed E-state index contributed by atoms with van der Waals surface area (Å²) in [5.41, 5.74) is 3.65. The molecule has 0 spiro atoms. The predicted octanol–water partition coefficient (Wildman–Crippen LogP) is 3.25. The highest BCUT2D eigenvalue weighted by molar-refractivity contribution is 5.27. The molecule has 0 aliphatic carbocycles. The minimum absolute atomic E-state index is 0.296. The molecule has 0 aliphatic heterocycles. The van der Waals surface area contributed by atoms with Gasteiger partial charge in [0.2, 0.25) is 5.88 Å². The van der Waals surface area contributed by atoms with Crippen molar-refractivity contribution < 1.29 is 4.74 Å². The molecule has 2 aromatic rings. The van der Waals surface area contributed by atoms with Crippen molar-refractivity contribution in [1.82, 2.24) is 10.3 Å². The van der Waals surface area contributed by atoms with Crippen LogP contribution < -0.4 is 10.1 Å². The van der Waals surface area contributed by atoms with E-state index in [4.69, 9.17) is 4.74 Å². The van der Waals surface area contributed by atoms with Crippen LogP contribution in [0.4, 0.5) is 0 Å². The molecule has 1 heterocycles. The number of nitrogens with one attached hydrogen (secondary N) is 1. The van der Waals surface area contributed by atoms with Gasteiger partial charge in [-0.15, -0.1) is 0 Å². The van der Waals surface area contributed by atoms with Crippen LogP contribution in [0.25, 0.3) is 0 Å². The van der Waals surface area contributed by atoms with Crippen molar-refractivity contribution in [2.24, 2.45) is 0 Å². The molecule has 2 rings (SSSR count). The van der Waals surface area contributed by atoms with Gasteiger partial charge in [-0.05, 0) is 25.5 Å². The molecule has 1 aromatic heterocycles. The largest absolute Gasteiger partial charge is 0.481 e. The number of pyridine rings is 1. The number of aromatic nitrogens is 1. The first-order valence-electron chi connectivity index (χ1n) is 6.48. The van der Waals surface area contributed by atoms with Crippen LogP contribution in [0, 0.1) is 6.92 Å². The maximum absolute atomic E-state index is 5.25. The molecule has 1 atom stereocenters. The molecule has 0 saturated heterocycles. The fourth-order valence-corrected chi connectivity index (χ4v) is 2.06. The fourth-order valence-electron chi connectivity index (χ4n) is 2.06. The van der Waals surface area contributed by atoms with Gasteiger partial charge in [-0.1, -0.05) is 35.9 Å². The molecule has 0 unspecified atom stereocenters. The summed E-state index contributed by atoms with van der Waals surface area (Å²) in [6, 6.07) is 12.8. The standard InChI is InChI=1S/C16H20N2O/c1-12-6-4-7-14(10-12)13(2)18-11-15-8-5-9-17-16(15)19-3/h4-10,13,18H,11H2,1-3H3/t13-/m1/s1. The fraction of sp³-hybridized carbons (Fsp3) is 0.312. The summed E-state index contributed by atoms with van der Waals surface area (Å²) < 4.78 is 5.25. The van der Waals surface area contributed by atoms with Crippen LogP contribution in [0.5, 0.6) is 5.88 Å². The molecule has 0 bridgehead atoms. The number of rotatable bonds is 5. The number of aryl methyl sites for hydroxylation is 1. The summed E-state index contributed by atoms with van der Waals surface area (Å²) in [6.45, 7) is 5.02. The van der Waals surface area contributed by atoms with Gasteiger partial charge < -0.3 is 10.1 Å². The molecule has 0 amide bonds. The second kappa shape index (κ2) is 6.34. The quantitative estimate of drug-likeness (QED) is 0.891. The third-order valence-electron chi connectivity index (χ3n) is 3.18. The van der Waals surface area contributed by atoms with Crippen LogP contribution in [0.1, 0.15) is 29.7 Å². The number of ether oxygens (including phenoxy) is 1. The Morgan fingerprint density at radius 2 is 2.11 bits per heavy atom. The highest BCUT2D eigenvalue weighted by Gasteiger charge is 2.07. The molecule has 19 heavy (non-hydrogen) atoms. The molecule has 0 fully saturated rings. The molecule has 3 nitrogen and oxygen atoms in total. The first-order chi connectivity index (χ1) is 9.20. The first-order valence-corrected chi connectivity index (χ1v) is 6.48. The van der Waals surface area contributed by atoms with Crippen molar-refractivity contribution in [3.8, 4) is 5.88 Å². The maximum Gasteiger partial charge on any atom is 0.217 e. The van der Waals surface area contributed by atoms with E-state index in [9.17, 15) is 0 Å². The average Bonchev–Trinajstić information content (AvgIpc) is 2.45. The Morgan fingerprint density at radius 1 is 1.26 bits per heavy atom. The molecule has 1 N–H and O–H groups in total. The van der Waals surface area contributed by atoms with E-state index in [2.05, 4.69) is 48.4 Å². The highest BCUT2D eigenvalue weighted by Crippen LogP contribution is 2.17. The van der Waals surface area contributed by atoms with Crippen LogP contribution >= 0.6 is 0 Å². The van der Waals surface area contributed by atoms with Gasteiger partial charge >= 0.3 is 0 Å².